The number of carbonyl (C=O) groups is 1. The molecule has 0 saturated carbocycles. The highest BCUT2D eigenvalue weighted by Gasteiger charge is 2.33. The fourth-order valence-corrected chi connectivity index (χ4v) is 3.08. The van der Waals surface area contributed by atoms with Gasteiger partial charge in [-0.25, -0.2) is 4.79 Å². The standard InChI is InChI=1S/C13H16N2O2/c1-14-7-10-8-15(13(16)17)6-5-9-3-2-4-11(14)12(9)10/h2-4,10H,5-8H2,1H3,(H,16,17)/t10-/m1/s1. The Hall–Kier alpha value is -1.71. The van der Waals surface area contributed by atoms with E-state index in [1.807, 2.05) is 0 Å². The van der Waals surface area contributed by atoms with Crippen LogP contribution in [-0.4, -0.2) is 42.8 Å². The van der Waals surface area contributed by atoms with Crippen molar-refractivity contribution in [2.45, 2.75) is 12.3 Å². The first-order valence-electron chi connectivity index (χ1n) is 5.97. The van der Waals surface area contributed by atoms with E-state index in [1.54, 1.807) is 4.90 Å². The molecule has 2 aliphatic heterocycles. The lowest BCUT2D eigenvalue weighted by molar-refractivity contribution is 0.144. The van der Waals surface area contributed by atoms with Gasteiger partial charge in [0.15, 0.2) is 0 Å². The molecule has 0 saturated heterocycles. The van der Waals surface area contributed by atoms with Gasteiger partial charge in [0.1, 0.15) is 0 Å². The molecule has 0 fully saturated rings. The second-order valence-corrected chi connectivity index (χ2v) is 4.91. The van der Waals surface area contributed by atoms with E-state index in [9.17, 15) is 4.79 Å². The summed E-state index contributed by atoms with van der Waals surface area (Å²) in [7, 11) is 2.08. The van der Waals surface area contributed by atoms with Crippen molar-refractivity contribution in [2.75, 3.05) is 31.6 Å². The van der Waals surface area contributed by atoms with Crippen LogP contribution in [0.2, 0.25) is 0 Å². The van der Waals surface area contributed by atoms with E-state index in [2.05, 4.69) is 30.1 Å². The van der Waals surface area contributed by atoms with Crippen LogP contribution >= 0.6 is 0 Å². The lowest BCUT2D eigenvalue weighted by Gasteiger charge is -2.20. The van der Waals surface area contributed by atoms with Gasteiger partial charge in [0.2, 0.25) is 0 Å². The minimum absolute atomic E-state index is 0.338. The van der Waals surface area contributed by atoms with Crippen LogP contribution in [0.25, 0.3) is 0 Å². The van der Waals surface area contributed by atoms with Gasteiger partial charge >= 0.3 is 6.09 Å². The number of anilines is 1. The predicted octanol–water partition coefficient (Wildman–Crippen LogP) is 1.76. The monoisotopic (exact) mass is 232 g/mol. The third kappa shape index (κ3) is 1.55. The van der Waals surface area contributed by atoms with Crippen molar-refractivity contribution >= 4 is 11.8 Å². The maximum Gasteiger partial charge on any atom is 0.407 e. The highest BCUT2D eigenvalue weighted by molar-refractivity contribution is 5.68. The van der Waals surface area contributed by atoms with Gasteiger partial charge in [-0.2, -0.15) is 0 Å². The molecule has 0 unspecified atom stereocenters. The molecule has 17 heavy (non-hydrogen) atoms. The summed E-state index contributed by atoms with van der Waals surface area (Å²) >= 11 is 0. The van der Waals surface area contributed by atoms with Crippen LogP contribution in [-0.2, 0) is 6.42 Å². The van der Waals surface area contributed by atoms with Gasteiger partial charge in [0.25, 0.3) is 0 Å². The van der Waals surface area contributed by atoms with E-state index >= 15 is 0 Å². The number of hydrogen-bond acceptors (Lipinski definition) is 2. The molecule has 1 N–H and O–H groups in total. The number of hydrogen-bond donors (Lipinski definition) is 1. The van der Waals surface area contributed by atoms with Crippen LogP contribution < -0.4 is 4.90 Å². The van der Waals surface area contributed by atoms with Crippen molar-refractivity contribution in [2.24, 2.45) is 0 Å². The Balaban J connectivity index is 2.03. The SMILES string of the molecule is CN1C[C@@H]2CN(C(=O)O)CCc3cccc1c32. The lowest BCUT2D eigenvalue weighted by atomic mass is 9.96. The van der Waals surface area contributed by atoms with E-state index in [0.29, 0.717) is 19.0 Å². The molecule has 1 aromatic rings. The Morgan fingerprint density at radius 1 is 1.41 bits per heavy atom. The average molecular weight is 232 g/mol. The number of amides is 1. The third-order valence-electron chi connectivity index (χ3n) is 3.85. The number of rotatable bonds is 0. The molecule has 1 atom stereocenters. The van der Waals surface area contributed by atoms with Gasteiger partial charge in [-0.3, -0.25) is 0 Å². The summed E-state index contributed by atoms with van der Waals surface area (Å²) in [5, 5.41) is 9.15. The smallest absolute Gasteiger partial charge is 0.407 e. The molecular formula is C13H16N2O2. The topological polar surface area (TPSA) is 43.8 Å². The fraction of sp³-hybridized carbons (Fsp3) is 0.462. The molecule has 0 spiro atoms. The van der Waals surface area contributed by atoms with E-state index < -0.39 is 6.09 Å². The molecule has 2 heterocycles. The second kappa shape index (κ2) is 3.65. The zero-order valence-corrected chi connectivity index (χ0v) is 9.89. The number of carboxylic acid groups (broad SMARTS) is 1. The fourth-order valence-electron chi connectivity index (χ4n) is 3.08. The average Bonchev–Trinajstić information content (AvgIpc) is 2.51. The zero-order valence-electron chi connectivity index (χ0n) is 9.89. The maximum absolute atomic E-state index is 11.1. The summed E-state index contributed by atoms with van der Waals surface area (Å²) in [5.41, 5.74) is 3.97. The minimum atomic E-state index is -0.797. The first kappa shape index (κ1) is 10.4. The summed E-state index contributed by atoms with van der Waals surface area (Å²) < 4.78 is 0. The first-order valence-corrected chi connectivity index (χ1v) is 5.97. The molecule has 90 valence electrons. The Bertz CT molecular complexity index is 472. The lowest BCUT2D eigenvalue weighted by Crippen LogP contribution is -2.34. The Labute approximate surface area is 100 Å². The second-order valence-electron chi connectivity index (χ2n) is 4.91. The first-order chi connectivity index (χ1) is 8.16. The van der Waals surface area contributed by atoms with E-state index in [1.165, 1.54) is 16.8 Å². The number of benzene rings is 1. The van der Waals surface area contributed by atoms with Crippen LogP contribution in [0.1, 0.15) is 17.0 Å². The normalized spacial score (nSPS) is 22.3. The van der Waals surface area contributed by atoms with Crippen molar-refractivity contribution < 1.29 is 9.90 Å². The molecule has 0 bridgehead atoms. The van der Waals surface area contributed by atoms with E-state index in [0.717, 1.165) is 13.0 Å². The highest BCUT2D eigenvalue weighted by Crippen LogP contribution is 2.39. The summed E-state index contributed by atoms with van der Waals surface area (Å²) in [6.45, 7) is 2.17. The summed E-state index contributed by atoms with van der Waals surface area (Å²) in [6, 6.07) is 6.34. The van der Waals surface area contributed by atoms with Crippen molar-refractivity contribution in [1.82, 2.24) is 4.90 Å². The molecule has 2 aliphatic rings. The predicted molar refractivity (Wildman–Crippen MR) is 65.8 cm³/mol. The molecule has 4 nitrogen and oxygen atoms in total. The molecule has 1 amide bonds. The van der Waals surface area contributed by atoms with Crippen molar-refractivity contribution in [3.8, 4) is 0 Å². The molecule has 3 rings (SSSR count). The van der Waals surface area contributed by atoms with E-state index in [-0.39, 0.29) is 0 Å². The Morgan fingerprint density at radius 2 is 2.24 bits per heavy atom. The summed E-state index contributed by atoms with van der Waals surface area (Å²) in [5.74, 6) is 0.338. The van der Waals surface area contributed by atoms with Gasteiger partial charge in [0.05, 0.1) is 0 Å². The van der Waals surface area contributed by atoms with Gasteiger partial charge in [-0.05, 0) is 23.6 Å². The largest absolute Gasteiger partial charge is 0.465 e. The number of nitrogens with zero attached hydrogens (tertiary/aromatic N) is 2. The van der Waals surface area contributed by atoms with E-state index in [4.69, 9.17) is 5.11 Å². The highest BCUT2D eigenvalue weighted by atomic mass is 16.4. The maximum atomic E-state index is 11.1. The molecule has 4 heteroatoms. The third-order valence-corrected chi connectivity index (χ3v) is 3.85. The minimum Gasteiger partial charge on any atom is -0.465 e. The summed E-state index contributed by atoms with van der Waals surface area (Å²) in [4.78, 5) is 14.9. The van der Waals surface area contributed by atoms with Crippen molar-refractivity contribution in [1.29, 1.82) is 0 Å². The van der Waals surface area contributed by atoms with Gasteiger partial charge in [-0.1, -0.05) is 12.1 Å². The Kier molecular flexibility index (Phi) is 2.24. The number of likely N-dealkylation sites (N-methyl/N-ethyl adjacent to an activating group) is 1. The molecular weight excluding hydrogens is 216 g/mol. The summed E-state index contributed by atoms with van der Waals surface area (Å²) in [6.07, 6.45) is 0.0358. The molecule has 0 radical (unpaired) electrons. The van der Waals surface area contributed by atoms with Crippen LogP contribution in [0.5, 0.6) is 0 Å². The van der Waals surface area contributed by atoms with Crippen LogP contribution in [0, 0.1) is 0 Å². The zero-order chi connectivity index (χ0) is 12.0. The molecule has 1 aromatic carbocycles. The van der Waals surface area contributed by atoms with Crippen molar-refractivity contribution in [3.05, 3.63) is 29.3 Å². The van der Waals surface area contributed by atoms with Gasteiger partial charge < -0.3 is 14.9 Å². The van der Waals surface area contributed by atoms with Crippen LogP contribution in [0.3, 0.4) is 0 Å². The van der Waals surface area contributed by atoms with Crippen LogP contribution in [0.15, 0.2) is 18.2 Å². The quantitative estimate of drug-likeness (QED) is 0.741. The van der Waals surface area contributed by atoms with Gasteiger partial charge in [0, 0.05) is 38.3 Å². The molecule has 0 aliphatic carbocycles. The van der Waals surface area contributed by atoms with Crippen molar-refractivity contribution in [3.63, 3.8) is 0 Å². The van der Waals surface area contributed by atoms with Crippen LogP contribution in [0.4, 0.5) is 10.5 Å². The molecule has 0 aromatic heterocycles. The Morgan fingerprint density at radius 3 is 3.00 bits per heavy atom. The van der Waals surface area contributed by atoms with Gasteiger partial charge in [-0.15, -0.1) is 0 Å².